The number of nitrogens with one attached hydrogen (secondary N) is 1. The maximum atomic E-state index is 12.8. The van der Waals surface area contributed by atoms with Gasteiger partial charge in [0.15, 0.2) is 0 Å². The normalized spacial score (nSPS) is 15.0. The second-order valence-electron chi connectivity index (χ2n) is 14.7. The van der Waals surface area contributed by atoms with E-state index in [1.165, 1.54) is 135 Å². The van der Waals surface area contributed by atoms with Crippen molar-refractivity contribution in [1.29, 1.82) is 0 Å². The van der Waals surface area contributed by atoms with Crippen molar-refractivity contribution < 1.29 is 33.5 Å². The van der Waals surface area contributed by atoms with Crippen LogP contribution in [0.15, 0.2) is 24.3 Å². The fraction of sp³-hybridized carbons (Fsp3) is 0.881. The molecule has 10 heteroatoms. The van der Waals surface area contributed by atoms with E-state index >= 15 is 0 Å². The summed E-state index contributed by atoms with van der Waals surface area (Å²) in [6.45, 7) is 3.95. The van der Waals surface area contributed by atoms with Gasteiger partial charge >= 0.3 is 7.82 Å². The number of aliphatic hydroxyl groups is 2. The zero-order valence-corrected chi connectivity index (χ0v) is 34.6. The molecule has 0 aliphatic heterocycles. The summed E-state index contributed by atoms with van der Waals surface area (Å²) in [4.78, 5) is 22.7. The predicted molar refractivity (Wildman–Crippen MR) is 218 cm³/mol. The first-order valence-electron chi connectivity index (χ1n) is 21.5. The maximum Gasteiger partial charge on any atom is 0.472 e. The van der Waals surface area contributed by atoms with Crippen molar-refractivity contribution in [1.82, 2.24) is 5.32 Å². The van der Waals surface area contributed by atoms with Crippen LogP contribution in [0.5, 0.6) is 0 Å². The van der Waals surface area contributed by atoms with E-state index < -0.39 is 38.6 Å². The summed E-state index contributed by atoms with van der Waals surface area (Å²) in [5.41, 5.74) is 5.36. The van der Waals surface area contributed by atoms with Crippen molar-refractivity contribution in [3.05, 3.63) is 24.3 Å². The van der Waals surface area contributed by atoms with Crippen molar-refractivity contribution in [2.24, 2.45) is 5.73 Å². The molecule has 0 aromatic rings. The first-order chi connectivity index (χ1) is 25.3. The van der Waals surface area contributed by atoms with Crippen molar-refractivity contribution in [3.63, 3.8) is 0 Å². The highest BCUT2D eigenvalue weighted by atomic mass is 31.2. The van der Waals surface area contributed by atoms with Gasteiger partial charge < -0.3 is 26.2 Å². The Labute approximate surface area is 320 Å². The van der Waals surface area contributed by atoms with E-state index in [-0.39, 0.29) is 19.6 Å². The molecule has 52 heavy (non-hydrogen) atoms. The fourth-order valence-electron chi connectivity index (χ4n) is 6.31. The van der Waals surface area contributed by atoms with E-state index in [9.17, 15) is 24.5 Å². The Bertz CT molecular complexity index is 888. The second kappa shape index (κ2) is 38.2. The van der Waals surface area contributed by atoms with Crippen molar-refractivity contribution in [2.45, 2.75) is 218 Å². The Morgan fingerprint density at radius 1 is 0.654 bits per heavy atom. The second-order valence-corrected chi connectivity index (χ2v) is 16.2. The van der Waals surface area contributed by atoms with Gasteiger partial charge in [-0.2, -0.15) is 0 Å². The largest absolute Gasteiger partial charge is 0.472 e. The summed E-state index contributed by atoms with van der Waals surface area (Å²) in [6.07, 6.45) is 39.8. The monoisotopic (exact) mass is 759 g/mol. The van der Waals surface area contributed by atoms with Crippen LogP contribution in [-0.4, -0.2) is 59.0 Å². The number of nitrogens with two attached hydrogens (primary N) is 1. The van der Waals surface area contributed by atoms with Crippen molar-refractivity contribution >= 4 is 13.7 Å². The molecule has 0 saturated carbocycles. The van der Waals surface area contributed by atoms with E-state index in [0.717, 1.165) is 32.1 Å². The van der Waals surface area contributed by atoms with Crippen LogP contribution in [0.4, 0.5) is 0 Å². The van der Waals surface area contributed by atoms with Crippen LogP contribution in [-0.2, 0) is 18.4 Å². The Morgan fingerprint density at radius 3 is 1.60 bits per heavy atom. The molecule has 4 unspecified atom stereocenters. The predicted octanol–water partition coefficient (Wildman–Crippen LogP) is 10.8. The lowest BCUT2D eigenvalue weighted by atomic mass is 10.0. The lowest BCUT2D eigenvalue weighted by Gasteiger charge is -2.24. The highest BCUT2D eigenvalue weighted by molar-refractivity contribution is 7.47. The number of allylic oxidation sites excluding steroid dienone is 3. The van der Waals surface area contributed by atoms with Crippen molar-refractivity contribution in [3.8, 4) is 0 Å². The van der Waals surface area contributed by atoms with Gasteiger partial charge in [0, 0.05) is 6.54 Å². The molecule has 0 aromatic carbocycles. The molecule has 9 nitrogen and oxygen atoms in total. The Hall–Kier alpha value is -1.06. The molecule has 0 rings (SSSR count). The van der Waals surface area contributed by atoms with Crippen LogP contribution in [0.3, 0.4) is 0 Å². The van der Waals surface area contributed by atoms with Gasteiger partial charge in [0.25, 0.3) is 0 Å². The number of rotatable bonds is 40. The summed E-state index contributed by atoms with van der Waals surface area (Å²) < 4.78 is 22.0. The van der Waals surface area contributed by atoms with Crippen LogP contribution < -0.4 is 11.1 Å². The van der Waals surface area contributed by atoms with Gasteiger partial charge in [0.2, 0.25) is 5.91 Å². The number of carbonyl (C=O) groups is 1. The number of phosphoric acid groups is 1. The smallest absolute Gasteiger partial charge is 0.393 e. The van der Waals surface area contributed by atoms with Gasteiger partial charge in [0.1, 0.15) is 0 Å². The van der Waals surface area contributed by atoms with Crippen LogP contribution in [0, 0.1) is 0 Å². The SMILES string of the molecule is CCCCCCCCCCCC/C=C/CC/C=C/C(O)C(COP(=O)(O)OCCN)NC(=O)CC(O)CCCCCCCCCCCCCCCC. The standard InChI is InChI=1S/C42H83N2O7P/c1-3-5-7-9-11-13-15-17-19-20-22-24-26-28-30-32-34-41(46)40(38-51-52(48,49)50-36-35-43)44-42(47)37-39(45)33-31-29-27-25-23-21-18-16-14-12-10-8-6-4-2/h24,26,32,34,39-41,45-46H,3-23,25,27-31,33,35-38,43H2,1-2H3,(H,44,47)(H,48,49)/b26-24+,34-32+. The minimum atomic E-state index is -4.40. The molecule has 0 heterocycles. The number of phosphoric ester groups is 1. The average Bonchev–Trinajstić information content (AvgIpc) is 3.12. The summed E-state index contributed by atoms with van der Waals surface area (Å²) >= 11 is 0. The van der Waals surface area contributed by atoms with E-state index in [0.29, 0.717) is 12.8 Å². The zero-order chi connectivity index (χ0) is 38.4. The third kappa shape index (κ3) is 35.9. The number of hydrogen-bond donors (Lipinski definition) is 5. The Kier molecular flexibility index (Phi) is 37.4. The molecule has 0 bridgehead atoms. The first-order valence-corrected chi connectivity index (χ1v) is 23.0. The third-order valence-electron chi connectivity index (χ3n) is 9.58. The van der Waals surface area contributed by atoms with Gasteiger partial charge in [0.05, 0.1) is 37.9 Å². The molecular weight excluding hydrogens is 675 g/mol. The van der Waals surface area contributed by atoms with Crippen LogP contribution >= 0.6 is 7.82 Å². The third-order valence-corrected chi connectivity index (χ3v) is 10.6. The lowest BCUT2D eigenvalue weighted by molar-refractivity contribution is -0.124. The molecule has 0 spiro atoms. The highest BCUT2D eigenvalue weighted by Crippen LogP contribution is 2.43. The van der Waals surface area contributed by atoms with Gasteiger partial charge in [-0.1, -0.05) is 186 Å². The molecular formula is C42H83N2O7P. The lowest BCUT2D eigenvalue weighted by Crippen LogP contribution is -2.46. The van der Waals surface area contributed by atoms with E-state index in [2.05, 4.69) is 31.3 Å². The van der Waals surface area contributed by atoms with Gasteiger partial charge in [-0.25, -0.2) is 4.57 Å². The van der Waals surface area contributed by atoms with Crippen LogP contribution in [0.1, 0.15) is 200 Å². The molecule has 0 aromatic heterocycles. The van der Waals surface area contributed by atoms with E-state index in [4.69, 9.17) is 14.8 Å². The quantitative estimate of drug-likeness (QED) is 0.0235. The molecule has 308 valence electrons. The number of aliphatic hydroxyl groups excluding tert-OH is 2. The molecule has 0 aliphatic rings. The summed E-state index contributed by atoms with van der Waals surface area (Å²) in [7, 11) is -4.40. The van der Waals surface area contributed by atoms with Crippen LogP contribution in [0.2, 0.25) is 0 Å². The van der Waals surface area contributed by atoms with Crippen LogP contribution in [0.25, 0.3) is 0 Å². The topological polar surface area (TPSA) is 151 Å². The highest BCUT2D eigenvalue weighted by Gasteiger charge is 2.27. The molecule has 0 saturated heterocycles. The first kappa shape index (κ1) is 50.9. The fourth-order valence-corrected chi connectivity index (χ4v) is 7.07. The summed E-state index contributed by atoms with van der Waals surface area (Å²) in [5.74, 6) is -0.454. The molecule has 0 radical (unpaired) electrons. The van der Waals surface area contributed by atoms with E-state index in [1.807, 2.05) is 6.08 Å². The Morgan fingerprint density at radius 2 is 1.10 bits per heavy atom. The average molecular weight is 759 g/mol. The number of carbonyl (C=O) groups excluding carboxylic acids is 1. The summed E-state index contributed by atoms with van der Waals surface area (Å²) in [6, 6.07) is -0.995. The number of hydrogen-bond acceptors (Lipinski definition) is 7. The van der Waals surface area contributed by atoms with E-state index in [1.54, 1.807) is 6.08 Å². The zero-order valence-electron chi connectivity index (χ0n) is 33.7. The Balaban J connectivity index is 4.38. The van der Waals surface area contributed by atoms with Gasteiger partial charge in [-0.05, 0) is 32.1 Å². The van der Waals surface area contributed by atoms with Crippen molar-refractivity contribution in [2.75, 3.05) is 19.8 Å². The molecule has 6 N–H and O–H groups in total. The number of unbranched alkanes of at least 4 members (excludes halogenated alkanes) is 24. The minimum absolute atomic E-state index is 0.0460. The van der Waals surface area contributed by atoms with Gasteiger partial charge in [-0.15, -0.1) is 0 Å². The minimum Gasteiger partial charge on any atom is -0.393 e. The molecule has 0 aliphatic carbocycles. The van der Waals surface area contributed by atoms with Gasteiger partial charge in [-0.3, -0.25) is 13.8 Å². The maximum absolute atomic E-state index is 12.8. The number of amides is 1. The molecule has 4 atom stereocenters. The molecule has 0 fully saturated rings. The molecule has 1 amide bonds. The summed E-state index contributed by atoms with van der Waals surface area (Å²) in [5, 5.41) is 24.0.